The number of carboxylic acids is 1. The molecule has 3 rings (SSSR count). The number of fused-ring (bicyclic) bond motifs is 1. The van der Waals surface area contributed by atoms with Crippen molar-refractivity contribution in [1.29, 1.82) is 0 Å². The predicted octanol–water partition coefficient (Wildman–Crippen LogP) is 1.83. The summed E-state index contributed by atoms with van der Waals surface area (Å²) in [4.78, 5) is 32.7. The normalized spacial score (nSPS) is 18.8. The van der Waals surface area contributed by atoms with E-state index in [1.54, 1.807) is 6.20 Å². The van der Waals surface area contributed by atoms with Crippen LogP contribution >= 0.6 is 15.9 Å². The number of halogens is 1. The Morgan fingerprint density at radius 3 is 2.95 bits per heavy atom. The molecular formula is C13H10BrN3O3. The van der Waals surface area contributed by atoms with Crippen LogP contribution in [0.25, 0.3) is 10.9 Å². The van der Waals surface area contributed by atoms with E-state index in [1.807, 2.05) is 18.2 Å². The third-order valence-electron chi connectivity index (χ3n) is 3.28. The Balaban J connectivity index is 1.99. The number of rotatable bonds is 2. The van der Waals surface area contributed by atoms with Gasteiger partial charge in [-0.3, -0.25) is 14.5 Å². The highest BCUT2D eigenvalue weighted by atomic mass is 79.9. The van der Waals surface area contributed by atoms with Gasteiger partial charge >= 0.3 is 5.97 Å². The maximum atomic E-state index is 11.9. The highest BCUT2D eigenvalue weighted by Crippen LogP contribution is 2.26. The lowest BCUT2D eigenvalue weighted by Crippen LogP contribution is -2.27. The Kier molecular flexibility index (Phi) is 3.13. The van der Waals surface area contributed by atoms with Crippen LogP contribution in [0.5, 0.6) is 0 Å². The van der Waals surface area contributed by atoms with Crippen LogP contribution in [-0.4, -0.2) is 33.5 Å². The van der Waals surface area contributed by atoms with Crippen molar-refractivity contribution < 1.29 is 14.7 Å². The number of hydrogen-bond acceptors (Lipinski definition) is 4. The molecule has 102 valence electrons. The number of carbonyl (C=O) groups excluding carboxylic acids is 1. The van der Waals surface area contributed by atoms with Crippen LogP contribution in [0.4, 0.5) is 5.95 Å². The molecule has 2 heterocycles. The zero-order chi connectivity index (χ0) is 14.3. The summed E-state index contributed by atoms with van der Waals surface area (Å²) in [6.45, 7) is 0.119. The molecule has 0 aliphatic carbocycles. The minimum atomic E-state index is -0.968. The fraction of sp³-hybridized carbons (Fsp3) is 0.231. The van der Waals surface area contributed by atoms with Gasteiger partial charge in [-0.2, -0.15) is 0 Å². The maximum Gasteiger partial charge on any atom is 0.308 e. The number of hydrogen-bond donors (Lipinski definition) is 1. The van der Waals surface area contributed by atoms with E-state index in [-0.39, 0.29) is 24.8 Å². The summed E-state index contributed by atoms with van der Waals surface area (Å²) < 4.78 is 0.873. The summed E-state index contributed by atoms with van der Waals surface area (Å²) in [6.07, 6.45) is 1.62. The molecule has 1 N–H and O–H groups in total. The van der Waals surface area contributed by atoms with Crippen molar-refractivity contribution in [3.63, 3.8) is 0 Å². The Bertz CT molecular complexity index is 719. The molecule has 1 atom stereocenters. The van der Waals surface area contributed by atoms with Gasteiger partial charge < -0.3 is 5.11 Å². The SMILES string of the molecule is O=C(O)C1CC(=O)N(c2ncc3c(Br)cccc3n2)C1. The van der Waals surface area contributed by atoms with Gasteiger partial charge in [-0.25, -0.2) is 9.97 Å². The third-order valence-corrected chi connectivity index (χ3v) is 3.97. The van der Waals surface area contributed by atoms with E-state index < -0.39 is 11.9 Å². The van der Waals surface area contributed by atoms with E-state index in [2.05, 4.69) is 25.9 Å². The second-order valence-electron chi connectivity index (χ2n) is 4.59. The van der Waals surface area contributed by atoms with E-state index in [1.165, 1.54) is 4.90 Å². The average Bonchev–Trinajstić information content (AvgIpc) is 2.81. The van der Waals surface area contributed by atoms with Crippen molar-refractivity contribution in [2.24, 2.45) is 5.92 Å². The standard InChI is InChI=1S/C13H10BrN3O3/c14-9-2-1-3-10-8(9)5-15-13(16-10)17-6-7(12(19)20)4-11(17)18/h1-3,5,7H,4,6H2,(H,19,20). The molecule has 1 aromatic carbocycles. The van der Waals surface area contributed by atoms with Crippen LogP contribution < -0.4 is 4.90 Å². The second-order valence-corrected chi connectivity index (χ2v) is 5.44. The molecule has 20 heavy (non-hydrogen) atoms. The molecular weight excluding hydrogens is 326 g/mol. The van der Waals surface area contributed by atoms with E-state index in [0.29, 0.717) is 5.52 Å². The first-order valence-corrected chi connectivity index (χ1v) is 6.80. The van der Waals surface area contributed by atoms with Crippen LogP contribution in [0, 0.1) is 5.92 Å². The molecule has 0 bridgehead atoms. The Morgan fingerprint density at radius 2 is 2.25 bits per heavy atom. The van der Waals surface area contributed by atoms with Gasteiger partial charge in [0, 0.05) is 29.0 Å². The maximum absolute atomic E-state index is 11.9. The van der Waals surface area contributed by atoms with E-state index in [4.69, 9.17) is 5.11 Å². The highest BCUT2D eigenvalue weighted by molar-refractivity contribution is 9.10. The van der Waals surface area contributed by atoms with Crippen molar-refractivity contribution in [3.8, 4) is 0 Å². The molecule has 1 aliphatic heterocycles. The number of aliphatic carboxylic acids is 1. The zero-order valence-electron chi connectivity index (χ0n) is 10.3. The third kappa shape index (κ3) is 2.14. The number of benzene rings is 1. The van der Waals surface area contributed by atoms with E-state index in [9.17, 15) is 9.59 Å². The predicted molar refractivity (Wildman–Crippen MR) is 75.3 cm³/mol. The minimum absolute atomic E-state index is 0.00475. The molecule has 1 aromatic heterocycles. The van der Waals surface area contributed by atoms with Crippen molar-refractivity contribution >= 4 is 44.7 Å². The summed E-state index contributed by atoms with van der Waals surface area (Å²) in [5.74, 6) is -1.66. The Hall–Kier alpha value is -2.02. The van der Waals surface area contributed by atoms with Crippen LogP contribution in [-0.2, 0) is 9.59 Å². The highest BCUT2D eigenvalue weighted by Gasteiger charge is 2.36. The molecule has 1 saturated heterocycles. The molecule has 2 aromatic rings. The smallest absolute Gasteiger partial charge is 0.308 e. The monoisotopic (exact) mass is 335 g/mol. The Morgan fingerprint density at radius 1 is 1.45 bits per heavy atom. The fourth-order valence-corrected chi connectivity index (χ4v) is 2.66. The summed E-state index contributed by atoms with van der Waals surface area (Å²) in [5.41, 5.74) is 0.705. The number of amides is 1. The molecule has 0 saturated carbocycles. The average molecular weight is 336 g/mol. The minimum Gasteiger partial charge on any atom is -0.481 e. The molecule has 7 heteroatoms. The van der Waals surface area contributed by atoms with Crippen molar-refractivity contribution in [2.45, 2.75) is 6.42 Å². The summed E-state index contributed by atoms with van der Waals surface area (Å²) in [7, 11) is 0. The topological polar surface area (TPSA) is 83.4 Å². The number of carboxylic acid groups (broad SMARTS) is 1. The summed E-state index contributed by atoms with van der Waals surface area (Å²) in [6, 6.07) is 5.54. The molecule has 1 unspecified atom stereocenters. The van der Waals surface area contributed by atoms with Gasteiger partial charge in [-0.1, -0.05) is 22.0 Å². The van der Waals surface area contributed by atoms with E-state index >= 15 is 0 Å². The van der Waals surface area contributed by atoms with Crippen LogP contribution in [0.3, 0.4) is 0 Å². The first kappa shape index (κ1) is 13.0. The second kappa shape index (κ2) is 4.82. The largest absolute Gasteiger partial charge is 0.481 e. The van der Waals surface area contributed by atoms with Gasteiger partial charge in [0.2, 0.25) is 11.9 Å². The molecule has 1 fully saturated rings. The van der Waals surface area contributed by atoms with Gasteiger partial charge in [-0.05, 0) is 12.1 Å². The number of nitrogens with zero attached hydrogens (tertiary/aromatic N) is 3. The van der Waals surface area contributed by atoms with Gasteiger partial charge in [0.15, 0.2) is 0 Å². The molecule has 0 radical (unpaired) electrons. The van der Waals surface area contributed by atoms with Crippen molar-refractivity contribution in [1.82, 2.24) is 9.97 Å². The first-order valence-electron chi connectivity index (χ1n) is 6.00. The lowest BCUT2D eigenvalue weighted by molar-refractivity contribution is -0.141. The molecule has 0 spiro atoms. The Labute approximate surface area is 122 Å². The van der Waals surface area contributed by atoms with Crippen molar-refractivity contribution in [3.05, 3.63) is 28.9 Å². The van der Waals surface area contributed by atoms with Crippen LogP contribution in [0.2, 0.25) is 0 Å². The first-order chi connectivity index (χ1) is 9.56. The zero-order valence-corrected chi connectivity index (χ0v) is 11.9. The molecule has 1 aliphatic rings. The van der Waals surface area contributed by atoms with Crippen molar-refractivity contribution in [2.75, 3.05) is 11.4 Å². The molecule has 1 amide bonds. The van der Waals surface area contributed by atoms with E-state index in [0.717, 1.165) is 9.86 Å². The fourth-order valence-electron chi connectivity index (χ4n) is 2.21. The molecule has 6 nitrogen and oxygen atoms in total. The number of carbonyl (C=O) groups is 2. The van der Waals surface area contributed by atoms with Gasteiger partial charge in [0.25, 0.3) is 0 Å². The number of aromatic nitrogens is 2. The van der Waals surface area contributed by atoms with Gasteiger partial charge in [0.05, 0.1) is 11.4 Å². The van der Waals surface area contributed by atoms with Crippen LogP contribution in [0.15, 0.2) is 28.9 Å². The van der Waals surface area contributed by atoms with Crippen LogP contribution in [0.1, 0.15) is 6.42 Å². The van der Waals surface area contributed by atoms with Gasteiger partial charge in [0.1, 0.15) is 0 Å². The number of anilines is 1. The summed E-state index contributed by atoms with van der Waals surface area (Å²) >= 11 is 3.41. The lowest BCUT2D eigenvalue weighted by Gasteiger charge is -2.14. The quantitative estimate of drug-likeness (QED) is 0.905. The lowest BCUT2D eigenvalue weighted by atomic mass is 10.1. The summed E-state index contributed by atoms with van der Waals surface area (Å²) in [5, 5.41) is 9.82. The van der Waals surface area contributed by atoms with Gasteiger partial charge in [-0.15, -0.1) is 0 Å².